The Balaban J connectivity index is 1.86. The van der Waals surface area contributed by atoms with Crippen LogP contribution in [-0.4, -0.2) is 31.3 Å². The molecule has 0 aliphatic carbocycles. The molecule has 1 fully saturated rings. The van der Waals surface area contributed by atoms with Gasteiger partial charge >= 0.3 is 5.97 Å². The maximum absolute atomic E-state index is 11.4. The zero-order valence-electron chi connectivity index (χ0n) is 13.6. The summed E-state index contributed by atoms with van der Waals surface area (Å²) in [6.45, 7) is 1.79. The van der Waals surface area contributed by atoms with Crippen LogP contribution in [0.15, 0.2) is 45.7 Å². The Kier molecular flexibility index (Phi) is 5.82. The lowest BCUT2D eigenvalue weighted by Gasteiger charge is -2.23. The van der Waals surface area contributed by atoms with Gasteiger partial charge in [0.2, 0.25) is 0 Å². The quantitative estimate of drug-likeness (QED) is 0.505. The van der Waals surface area contributed by atoms with Crippen molar-refractivity contribution in [1.82, 2.24) is 4.90 Å². The Labute approximate surface area is 170 Å². The second kappa shape index (κ2) is 7.92. The van der Waals surface area contributed by atoms with Crippen LogP contribution in [0.2, 0.25) is 5.02 Å². The number of hydrogen-bond acceptors (Lipinski definition) is 5. The lowest BCUT2D eigenvalue weighted by atomic mass is 10.2. The van der Waals surface area contributed by atoms with Gasteiger partial charge in [0.25, 0.3) is 0 Å². The van der Waals surface area contributed by atoms with Crippen molar-refractivity contribution in [3.05, 3.63) is 52.1 Å². The number of benzene rings is 1. The Morgan fingerprint density at radius 1 is 1.38 bits per heavy atom. The summed E-state index contributed by atoms with van der Waals surface area (Å²) in [5.74, 6) is 0.350. The van der Waals surface area contributed by atoms with Crippen molar-refractivity contribution in [3.8, 4) is 11.3 Å². The molecule has 2 aromatic rings. The van der Waals surface area contributed by atoms with Crippen LogP contribution in [0.5, 0.6) is 0 Å². The molecule has 0 spiro atoms. The van der Waals surface area contributed by atoms with Gasteiger partial charge in [0.05, 0.1) is 4.91 Å². The monoisotopic (exact) mass is 423 g/mol. The molecule has 134 valence electrons. The first-order valence-corrected chi connectivity index (χ1v) is 9.77. The van der Waals surface area contributed by atoms with Crippen molar-refractivity contribution in [2.45, 2.75) is 19.4 Å². The first-order chi connectivity index (χ1) is 12.4. The normalized spacial score (nSPS) is 17.2. The van der Waals surface area contributed by atoms with Gasteiger partial charge in [-0.05, 0) is 36.8 Å². The number of rotatable bonds is 5. The summed E-state index contributed by atoms with van der Waals surface area (Å²) in [4.78, 5) is 14.1. The predicted octanol–water partition coefficient (Wildman–Crippen LogP) is 5.47. The lowest BCUT2D eigenvalue weighted by molar-refractivity contribution is -0.140. The second-order valence-corrected chi connectivity index (χ2v) is 8.03. The van der Waals surface area contributed by atoms with Gasteiger partial charge < -0.3 is 14.4 Å². The van der Waals surface area contributed by atoms with Gasteiger partial charge in [-0.2, -0.15) is 0 Å². The molecular formula is C18H14ClNO3S3. The van der Waals surface area contributed by atoms with E-state index in [4.69, 9.17) is 40.5 Å². The van der Waals surface area contributed by atoms with Crippen LogP contribution in [0.25, 0.3) is 17.4 Å². The fourth-order valence-electron chi connectivity index (χ4n) is 2.57. The smallest absolute Gasteiger partial charge is 0.326 e. The topological polar surface area (TPSA) is 53.7 Å². The first kappa shape index (κ1) is 19.1. The molecule has 2 heterocycles. The molecule has 1 aromatic heterocycles. The van der Waals surface area contributed by atoms with E-state index in [9.17, 15) is 9.90 Å². The Morgan fingerprint density at radius 2 is 2.15 bits per heavy atom. The van der Waals surface area contributed by atoms with E-state index in [1.807, 2.05) is 30.3 Å². The van der Waals surface area contributed by atoms with Gasteiger partial charge in [0, 0.05) is 10.6 Å². The van der Waals surface area contributed by atoms with E-state index in [1.54, 1.807) is 19.1 Å². The summed E-state index contributed by atoms with van der Waals surface area (Å²) in [7, 11) is 0. The van der Waals surface area contributed by atoms with Crippen molar-refractivity contribution >= 4 is 69.2 Å². The van der Waals surface area contributed by atoms with Crippen molar-refractivity contribution in [1.29, 1.82) is 0 Å². The summed E-state index contributed by atoms with van der Waals surface area (Å²) in [5.41, 5.74) is 0.873. The zero-order valence-corrected chi connectivity index (χ0v) is 16.8. The molecule has 1 unspecified atom stereocenters. The summed E-state index contributed by atoms with van der Waals surface area (Å²) in [6.07, 6.45) is 2.19. The first-order valence-electron chi connectivity index (χ1n) is 7.76. The number of halogens is 1. The van der Waals surface area contributed by atoms with Crippen molar-refractivity contribution < 1.29 is 14.3 Å². The van der Waals surface area contributed by atoms with Crippen LogP contribution < -0.4 is 0 Å². The molecule has 1 atom stereocenters. The molecule has 1 aliphatic rings. The number of aliphatic carboxylic acids is 1. The van der Waals surface area contributed by atoms with Crippen molar-refractivity contribution in [2.75, 3.05) is 0 Å². The molecule has 0 radical (unpaired) electrons. The molecular weight excluding hydrogens is 410 g/mol. The van der Waals surface area contributed by atoms with Gasteiger partial charge in [-0.3, -0.25) is 0 Å². The van der Waals surface area contributed by atoms with Gasteiger partial charge in [-0.25, -0.2) is 4.79 Å². The molecule has 1 aromatic carbocycles. The van der Waals surface area contributed by atoms with E-state index in [2.05, 4.69) is 0 Å². The van der Waals surface area contributed by atoms with Gasteiger partial charge in [0.1, 0.15) is 26.9 Å². The standard InChI is InChI=1S/C18H14ClNO3S3/c1-2-13(17(21)22)20-16(24)15(26-18(20)25)9-12-6-7-14(23-12)10-4-3-5-11(19)8-10/h3-9,13H,2H2,1H3,(H,21,22)/b15-9-. The van der Waals surface area contributed by atoms with E-state index in [1.165, 1.54) is 16.7 Å². The van der Waals surface area contributed by atoms with Crippen LogP contribution in [0.1, 0.15) is 19.1 Å². The fraction of sp³-hybridized carbons (Fsp3) is 0.167. The van der Waals surface area contributed by atoms with Crippen LogP contribution in [0, 0.1) is 0 Å². The van der Waals surface area contributed by atoms with Crippen molar-refractivity contribution in [2.24, 2.45) is 0 Å². The van der Waals surface area contributed by atoms with Crippen LogP contribution in [0.4, 0.5) is 0 Å². The Bertz CT molecular complexity index is 922. The summed E-state index contributed by atoms with van der Waals surface area (Å²) in [5, 5.41) is 10.0. The number of hydrogen-bond donors (Lipinski definition) is 1. The number of thioether (sulfide) groups is 1. The molecule has 0 saturated carbocycles. The van der Waals surface area contributed by atoms with Crippen molar-refractivity contribution in [3.63, 3.8) is 0 Å². The average molecular weight is 424 g/mol. The lowest BCUT2D eigenvalue weighted by Crippen LogP contribution is -2.42. The number of carboxylic acids is 1. The molecule has 3 rings (SSSR count). The summed E-state index contributed by atoms with van der Waals surface area (Å²) in [6, 6.07) is 10.3. The maximum atomic E-state index is 11.4. The van der Waals surface area contributed by atoms with E-state index in [-0.39, 0.29) is 0 Å². The molecule has 8 heteroatoms. The van der Waals surface area contributed by atoms with Crippen LogP contribution >= 0.6 is 47.8 Å². The average Bonchev–Trinajstić information content (AvgIpc) is 3.16. The number of carboxylic acid groups (broad SMARTS) is 1. The number of thiocarbonyl (C=S) groups is 2. The number of carbonyl (C=O) groups is 1. The van der Waals surface area contributed by atoms with E-state index in [0.717, 1.165) is 5.56 Å². The number of nitrogens with zero attached hydrogens (tertiary/aromatic N) is 1. The molecule has 4 nitrogen and oxygen atoms in total. The highest BCUT2D eigenvalue weighted by molar-refractivity contribution is 8.27. The molecule has 0 bridgehead atoms. The minimum atomic E-state index is -0.944. The predicted molar refractivity (Wildman–Crippen MR) is 113 cm³/mol. The highest BCUT2D eigenvalue weighted by atomic mass is 35.5. The highest BCUT2D eigenvalue weighted by Crippen LogP contribution is 2.36. The maximum Gasteiger partial charge on any atom is 0.326 e. The molecule has 0 amide bonds. The minimum absolute atomic E-state index is 0.406. The molecule has 26 heavy (non-hydrogen) atoms. The van der Waals surface area contributed by atoms with Gasteiger partial charge in [-0.15, -0.1) is 0 Å². The minimum Gasteiger partial charge on any atom is -0.480 e. The van der Waals surface area contributed by atoms with E-state index < -0.39 is 12.0 Å². The third-order valence-corrected chi connectivity index (χ3v) is 5.95. The van der Waals surface area contributed by atoms with Gasteiger partial charge in [-0.1, -0.05) is 66.9 Å². The van der Waals surface area contributed by atoms with Crippen LogP contribution in [0.3, 0.4) is 0 Å². The van der Waals surface area contributed by atoms with E-state index >= 15 is 0 Å². The van der Waals surface area contributed by atoms with Crippen LogP contribution in [-0.2, 0) is 4.79 Å². The Morgan fingerprint density at radius 3 is 2.81 bits per heavy atom. The molecule has 1 aliphatic heterocycles. The molecule has 1 N–H and O–H groups in total. The third kappa shape index (κ3) is 3.86. The molecule has 1 saturated heterocycles. The van der Waals surface area contributed by atoms with E-state index in [0.29, 0.717) is 37.2 Å². The SMILES string of the molecule is CCC(C(=O)O)N1C(=S)S/C(=C\c2ccc(-c3cccc(Cl)c3)o2)C1=S. The third-order valence-electron chi connectivity index (χ3n) is 3.82. The number of furan rings is 1. The van der Waals surface area contributed by atoms with Gasteiger partial charge in [0.15, 0.2) is 0 Å². The Hall–Kier alpha value is -1.67. The highest BCUT2D eigenvalue weighted by Gasteiger charge is 2.36. The fourth-order valence-corrected chi connectivity index (χ4v) is 4.63. The second-order valence-electron chi connectivity index (χ2n) is 5.53. The zero-order chi connectivity index (χ0) is 18.8. The summed E-state index contributed by atoms with van der Waals surface area (Å²) >= 11 is 18.1. The summed E-state index contributed by atoms with van der Waals surface area (Å²) < 4.78 is 6.30. The largest absolute Gasteiger partial charge is 0.480 e.